The quantitative estimate of drug-likeness (QED) is 0.244. The monoisotopic (exact) mass is 532 g/mol. The highest BCUT2D eigenvalue weighted by molar-refractivity contribution is 5.78. The first-order valence-corrected chi connectivity index (χ1v) is 13.5. The van der Waals surface area contributed by atoms with Crippen LogP contribution in [0.15, 0.2) is 107 Å². The van der Waals surface area contributed by atoms with E-state index in [2.05, 4.69) is 72.6 Å². The minimum absolute atomic E-state index is 0.0471. The van der Waals surface area contributed by atoms with Crippen molar-refractivity contribution in [1.82, 2.24) is 29.5 Å². The molecular weight excluding hydrogens is 500 g/mol. The smallest absolute Gasteiger partial charge is 0.274 e. The van der Waals surface area contributed by atoms with Crippen LogP contribution < -0.4 is 5.56 Å². The van der Waals surface area contributed by atoms with Crippen LogP contribution in [-0.4, -0.2) is 29.5 Å². The van der Waals surface area contributed by atoms with Gasteiger partial charge in [0.1, 0.15) is 12.2 Å². The van der Waals surface area contributed by atoms with E-state index in [1.54, 1.807) is 6.20 Å². The van der Waals surface area contributed by atoms with Gasteiger partial charge in [-0.1, -0.05) is 97.9 Å². The molecule has 3 aromatic heterocycles. The summed E-state index contributed by atoms with van der Waals surface area (Å²) in [5.41, 5.74) is 5.09. The molecule has 0 saturated heterocycles. The molecule has 0 aliphatic carbocycles. The Morgan fingerprint density at radius 3 is 2.38 bits per heavy atom. The fourth-order valence-electron chi connectivity index (χ4n) is 5.22. The Bertz CT molecular complexity index is 1770. The average Bonchev–Trinajstić information content (AvgIpc) is 3.70. The van der Waals surface area contributed by atoms with Gasteiger partial charge in [0.15, 0.2) is 5.76 Å². The van der Waals surface area contributed by atoms with Crippen molar-refractivity contribution in [3.63, 3.8) is 0 Å². The first kappa shape index (κ1) is 25.6. The van der Waals surface area contributed by atoms with Crippen LogP contribution in [0, 0.1) is 0 Å². The molecule has 3 heterocycles. The van der Waals surface area contributed by atoms with Gasteiger partial charge in [0, 0.05) is 11.6 Å². The summed E-state index contributed by atoms with van der Waals surface area (Å²) < 4.78 is 11.1. The van der Waals surface area contributed by atoms with Gasteiger partial charge in [-0.2, -0.15) is 0 Å². The standard InChI is InChI=1S/C32H32N6O2/c1-32(2,3)25-15-13-24(14-16-25)29-22-36(35-34-29)20-26(19-23-9-5-4-6-10-23)38-31(39)28-11-7-8-12-30(28)37(38)21-27-17-18-33-40-27/h4-18,22,26H,19-21H2,1-3H3/t26-/m0/s1. The van der Waals surface area contributed by atoms with Crippen LogP contribution >= 0.6 is 0 Å². The Hall–Kier alpha value is -4.72. The van der Waals surface area contributed by atoms with Crippen molar-refractivity contribution >= 4 is 10.9 Å². The van der Waals surface area contributed by atoms with E-state index in [-0.39, 0.29) is 17.0 Å². The second-order valence-electron chi connectivity index (χ2n) is 11.2. The van der Waals surface area contributed by atoms with Gasteiger partial charge in [0.2, 0.25) is 0 Å². The lowest BCUT2D eigenvalue weighted by atomic mass is 9.86. The molecule has 0 N–H and O–H groups in total. The summed E-state index contributed by atoms with van der Waals surface area (Å²) in [6, 6.07) is 28.0. The molecule has 0 aliphatic heterocycles. The maximum atomic E-state index is 13.9. The number of para-hydroxylation sites is 1. The number of fused-ring (bicyclic) bond motifs is 1. The van der Waals surface area contributed by atoms with E-state index in [9.17, 15) is 4.79 Å². The predicted molar refractivity (Wildman–Crippen MR) is 155 cm³/mol. The molecule has 8 heteroatoms. The summed E-state index contributed by atoms with van der Waals surface area (Å²) in [5.74, 6) is 0.676. The largest absolute Gasteiger partial charge is 0.359 e. The van der Waals surface area contributed by atoms with E-state index in [1.807, 2.05) is 68.8 Å². The molecule has 0 bridgehead atoms. The zero-order chi connectivity index (χ0) is 27.7. The van der Waals surface area contributed by atoms with E-state index in [1.165, 1.54) is 5.56 Å². The van der Waals surface area contributed by atoms with Crippen molar-refractivity contribution < 1.29 is 4.52 Å². The third-order valence-corrected chi connectivity index (χ3v) is 7.32. The minimum Gasteiger partial charge on any atom is -0.359 e. The minimum atomic E-state index is -0.233. The number of hydrogen-bond acceptors (Lipinski definition) is 5. The SMILES string of the molecule is CC(C)(C)c1ccc(-c2cn(C[C@H](Cc3ccccc3)n3c(=O)c4ccccc4n3Cc3ccno3)nn2)cc1. The average molecular weight is 533 g/mol. The second-order valence-corrected chi connectivity index (χ2v) is 11.2. The van der Waals surface area contributed by atoms with E-state index < -0.39 is 0 Å². The third kappa shape index (κ3) is 5.12. The lowest BCUT2D eigenvalue weighted by Crippen LogP contribution is -2.32. The van der Waals surface area contributed by atoms with E-state index in [0.29, 0.717) is 30.7 Å². The summed E-state index contributed by atoms with van der Waals surface area (Å²) >= 11 is 0. The van der Waals surface area contributed by atoms with Crippen molar-refractivity contribution in [2.24, 2.45) is 0 Å². The van der Waals surface area contributed by atoms with E-state index >= 15 is 0 Å². The van der Waals surface area contributed by atoms with Gasteiger partial charge in [-0.15, -0.1) is 5.10 Å². The Labute approximate surface area is 232 Å². The Morgan fingerprint density at radius 2 is 1.65 bits per heavy atom. The number of rotatable bonds is 8. The summed E-state index contributed by atoms with van der Waals surface area (Å²) in [4.78, 5) is 13.9. The van der Waals surface area contributed by atoms with Gasteiger partial charge in [-0.25, -0.2) is 9.36 Å². The van der Waals surface area contributed by atoms with Crippen LogP contribution in [0.5, 0.6) is 0 Å². The van der Waals surface area contributed by atoms with Gasteiger partial charge in [0.05, 0.1) is 35.9 Å². The lowest BCUT2D eigenvalue weighted by Gasteiger charge is -2.22. The fraction of sp³-hybridized carbons (Fsp3) is 0.250. The van der Waals surface area contributed by atoms with E-state index in [4.69, 9.17) is 4.52 Å². The zero-order valence-corrected chi connectivity index (χ0v) is 22.9. The highest BCUT2D eigenvalue weighted by atomic mass is 16.5. The van der Waals surface area contributed by atoms with Gasteiger partial charge in [0.25, 0.3) is 5.56 Å². The highest BCUT2D eigenvalue weighted by Crippen LogP contribution is 2.26. The summed E-state index contributed by atoms with van der Waals surface area (Å²) in [6.07, 6.45) is 4.22. The van der Waals surface area contributed by atoms with Crippen molar-refractivity contribution in [2.45, 2.75) is 51.7 Å². The Morgan fingerprint density at radius 1 is 0.900 bits per heavy atom. The fourth-order valence-corrected chi connectivity index (χ4v) is 5.22. The van der Waals surface area contributed by atoms with E-state index in [0.717, 1.165) is 22.3 Å². The molecule has 40 heavy (non-hydrogen) atoms. The van der Waals surface area contributed by atoms with Gasteiger partial charge >= 0.3 is 0 Å². The predicted octanol–water partition coefficient (Wildman–Crippen LogP) is 5.88. The molecule has 0 radical (unpaired) electrons. The molecule has 0 aliphatic rings. The maximum absolute atomic E-state index is 13.9. The number of nitrogens with zero attached hydrogens (tertiary/aromatic N) is 6. The summed E-state index contributed by atoms with van der Waals surface area (Å²) in [7, 11) is 0. The van der Waals surface area contributed by atoms with Crippen LogP contribution in [0.2, 0.25) is 0 Å². The normalized spacial score (nSPS) is 12.7. The first-order valence-electron chi connectivity index (χ1n) is 13.5. The molecule has 6 aromatic rings. The summed E-state index contributed by atoms with van der Waals surface area (Å²) in [5, 5.41) is 13.5. The zero-order valence-electron chi connectivity index (χ0n) is 22.9. The summed E-state index contributed by atoms with van der Waals surface area (Å²) in [6.45, 7) is 7.46. The molecular formula is C32H32N6O2. The van der Waals surface area contributed by atoms with Crippen molar-refractivity contribution in [2.75, 3.05) is 0 Å². The number of benzene rings is 3. The molecule has 0 fully saturated rings. The van der Waals surface area contributed by atoms with Crippen LogP contribution in [-0.2, 0) is 24.9 Å². The molecule has 3 aromatic carbocycles. The van der Waals surface area contributed by atoms with Crippen LogP contribution in [0.1, 0.15) is 43.7 Å². The Balaban J connectivity index is 1.39. The molecule has 8 nitrogen and oxygen atoms in total. The van der Waals surface area contributed by atoms with Crippen LogP contribution in [0.3, 0.4) is 0 Å². The number of aromatic nitrogens is 6. The van der Waals surface area contributed by atoms with Gasteiger partial charge in [-0.3, -0.25) is 9.48 Å². The lowest BCUT2D eigenvalue weighted by molar-refractivity contribution is 0.304. The Kier molecular flexibility index (Phi) is 6.67. The molecule has 0 saturated carbocycles. The maximum Gasteiger partial charge on any atom is 0.274 e. The molecule has 0 unspecified atom stereocenters. The third-order valence-electron chi connectivity index (χ3n) is 7.32. The second kappa shape index (κ2) is 10.4. The molecule has 0 spiro atoms. The number of hydrogen-bond donors (Lipinski definition) is 0. The van der Waals surface area contributed by atoms with Crippen molar-refractivity contribution in [3.8, 4) is 11.3 Å². The van der Waals surface area contributed by atoms with Crippen molar-refractivity contribution in [1.29, 1.82) is 0 Å². The molecule has 1 atom stereocenters. The topological polar surface area (TPSA) is 83.7 Å². The van der Waals surface area contributed by atoms with Crippen LogP contribution in [0.4, 0.5) is 0 Å². The van der Waals surface area contributed by atoms with Crippen molar-refractivity contribution in [3.05, 3.63) is 125 Å². The molecule has 0 amide bonds. The first-order chi connectivity index (χ1) is 19.4. The van der Waals surface area contributed by atoms with Gasteiger partial charge < -0.3 is 4.52 Å². The highest BCUT2D eigenvalue weighted by Gasteiger charge is 2.23. The van der Waals surface area contributed by atoms with Gasteiger partial charge in [-0.05, 0) is 35.1 Å². The van der Waals surface area contributed by atoms with Crippen LogP contribution in [0.25, 0.3) is 22.2 Å². The molecule has 6 rings (SSSR count). The molecule has 202 valence electrons.